The Balaban J connectivity index is 1.83. The molecule has 3 N–H and O–H groups in total. The van der Waals surface area contributed by atoms with Crippen LogP contribution in [0.1, 0.15) is 68.6 Å². The number of hydrogen-bond donors (Lipinski definition) is 3. The van der Waals surface area contributed by atoms with E-state index in [-0.39, 0.29) is 23.5 Å². The average molecular weight is 417 g/mol. The van der Waals surface area contributed by atoms with Gasteiger partial charge < -0.3 is 19.7 Å². The lowest BCUT2D eigenvalue weighted by molar-refractivity contribution is -0.0291. The lowest BCUT2D eigenvalue weighted by atomic mass is 9.62. The van der Waals surface area contributed by atoms with E-state index < -0.39 is 25.4 Å². The second kappa shape index (κ2) is 6.19. The molecule has 2 bridgehead atoms. The maximum atomic E-state index is 11.2. The summed E-state index contributed by atoms with van der Waals surface area (Å²) in [7, 11) is -2.00. The molecule has 0 saturated heterocycles. The van der Waals surface area contributed by atoms with E-state index in [0.717, 1.165) is 23.3 Å². The van der Waals surface area contributed by atoms with Crippen molar-refractivity contribution in [3.63, 3.8) is 0 Å². The summed E-state index contributed by atoms with van der Waals surface area (Å²) in [6.07, 6.45) is 1.10. The van der Waals surface area contributed by atoms with Crippen LogP contribution in [0.2, 0.25) is 18.1 Å². The van der Waals surface area contributed by atoms with Gasteiger partial charge >= 0.3 is 0 Å². The molecule has 3 aliphatic carbocycles. The first-order valence-electron chi connectivity index (χ1n) is 10.8. The van der Waals surface area contributed by atoms with E-state index in [0.29, 0.717) is 18.4 Å². The SMILES string of the molecule is C=C1[C@H](O)[C@]23C[C@@]1(O)CC[C@H]2c1ccc(O[Si](C)(C)C(C)(C)C)c(C)c1[C@@H]3CO. The highest BCUT2D eigenvalue weighted by Crippen LogP contribution is 2.71. The Kier molecular flexibility index (Phi) is 4.50. The summed E-state index contributed by atoms with van der Waals surface area (Å²) < 4.78 is 6.64. The fourth-order valence-electron chi connectivity index (χ4n) is 6.08. The third-order valence-corrected chi connectivity index (χ3v) is 13.1. The molecule has 29 heavy (non-hydrogen) atoms. The first-order valence-corrected chi connectivity index (χ1v) is 13.7. The highest BCUT2D eigenvalue weighted by Gasteiger charge is 2.68. The molecule has 2 saturated carbocycles. The van der Waals surface area contributed by atoms with Gasteiger partial charge in [0.05, 0.1) is 18.3 Å². The monoisotopic (exact) mass is 416 g/mol. The Morgan fingerprint density at radius 2 is 1.93 bits per heavy atom. The molecule has 4 rings (SSSR count). The molecule has 5 atom stereocenters. The van der Waals surface area contributed by atoms with Gasteiger partial charge in [-0.25, -0.2) is 0 Å². The molecule has 0 unspecified atom stereocenters. The van der Waals surface area contributed by atoms with Crippen LogP contribution in [-0.4, -0.2) is 41.9 Å². The van der Waals surface area contributed by atoms with Crippen LogP contribution in [0.3, 0.4) is 0 Å². The van der Waals surface area contributed by atoms with Crippen molar-refractivity contribution in [3.05, 3.63) is 41.0 Å². The molecule has 1 aromatic rings. The number of benzene rings is 1. The lowest BCUT2D eigenvalue weighted by Crippen LogP contribution is -2.44. The second-order valence-electron chi connectivity index (χ2n) is 11.1. The number of aliphatic hydroxyl groups is 3. The minimum absolute atomic E-state index is 0.0473. The van der Waals surface area contributed by atoms with Gasteiger partial charge in [-0.1, -0.05) is 33.4 Å². The second-order valence-corrected chi connectivity index (χ2v) is 15.9. The molecule has 1 aromatic carbocycles. The zero-order valence-electron chi connectivity index (χ0n) is 18.7. The predicted octanol–water partition coefficient (Wildman–Crippen LogP) is 4.38. The first kappa shape index (κ1) is 21.1. The van der Waals surface area contributed by atoms with Gasteiger partial charge in [0.1, 0.15) is 5.75 Å². The molecule has 1 spiro atoms. The Labute approximate surface area is 175 Å². The van der Waals surface area contributed by atoms with Crippen LogP contribution >= 0.6 is 0 Å². The Morgan fingerprint density at radius 1 is 1.28 bits per heavy atom. The number of aliphatic hydroxyl groups excluding tert-OH is 2. The molecule has 0 heterocycles. The van der Waals surface area contributed by atoms with Crippen molar-refractivity contribution in [1.82, 2.24) is 0 Å². The van der Waals surface area contributed by atoms with Crippen LogP contribution in [0.5, 0.6) is 5.75 Å². The van der Waals surface area contributed by atoms with Crippen molar-refractivity contribution in [2.75, 3.05) is 6.61 Å². The van der Waals surface area contributed by atoms with Gasteiger partial charge in [-0.2, -0.15) is 0 Å². The molecule has 4 nitrogen and oxygen atoms in total. The predicted molar refractivity (Wildman–Crippen MR) is 118 cm³/mol. The van der Waals surface area contributed by atoms with E-state index in [9.17, 15) is 15.3 Å². The van der Waals surface area contributed by atoms with E-state index in [1.54, 1.807) is 0 Å². The summed E-state index contributed by atoms with van der Waals surface area (Å²) in [6, 6.07) is 4.23. The van der Waals surface area contributed by atoms with Crippen molar-refractivity contribution in [2.45, 2.75) is 88.6 Å². The van der Waals surface area contributed by atoms with Crippen LogP contribution in [0.25, 0.3) is 0 Å². The third kappa shape index (κ3) is 2.60. The standard InChI is InChI=1S/C24H36O4Si/c1-14-19(28-29(6,7)22(3,4)5)9-8-16-17-10-11-23(27)13-24(17,21(26)15(23)2)18(12-25)20(14)16/h8-9,17-18,21,25-27H,2,10-13H2,1,3-7H3/t17-,18-,21-,23-,24+/m0/s1. The maximum absolute atomic E-state index is 11.2. The fourth-order valence-corrected chi connectivity index (χ4v) is 7.15. The zero-order chi connectivity index (χ0) is 21.6. The lowest BCUT2D eigenvalue weighted by Gasteiger charge is -2.43. The molecular weight excluding hydrogens is 380 g/mol. The van der Waals surface area contributed by atoms with Gasteiger partial charge in [0.2, 0.25) is 8.32 Å². The number of rotatable bonds is 3. The summed E-state index contributed by atoms with van der Waals surface area (Å²) in [5, 5.41) is 32.9. The zero-order valence-corrected chi connectivity index (χ0v) is 19.7. The number of fused-ring (bicyclic) bond motifs is 3. The Bertz CT molecular complexity index is 870. The maximum Gasteiger partial charge on any atom is 0.250 e. The summed E-state index contributed by atoms with van der Waals surface area (Å²) in [5.41, 5.74) is 2.35. The molecule has 0 aromatic heterocycles. The van der Waals surface area contributed by atoms with Gasteiger partial charge in [-0.3, -0.25) is 0 Å². The topological polar surface area (TPSA) is 69.9 Å². The molecule has 160 valence electrons. The third-order valence-electron chi connectivity index (χ3n) is 8.76. The van der Waals surface area contributed by atoms with Crippen LogP contribution in [0, 0.1) is 12.3 Å². The average Bonchev–Trinajstić information content (AvgIpc) is 2.98. The van der Waals surface area contributed by atoms with Crippen LogP contribution in [0.15, 0.2) is 24.3 Å². The molecule has 3 aliphatic rings. The fraction of sp³-hybridized carbons (Fsp3) is 0.667. The number of hydrogen-bond acceptors (Lipinski definition) is 4. The molecular formula is C24H36O4Si. The van der Waals surface area contributed by atoms with Crippen molar-refractivity contribution in [3.8, 4) is 5.75 Å². The Hall–Kier alpha value is -1.14. The highest BCUT2D eigenvalue weighted by atomic mass is 28.4. The quantitative estimate of drug-likeness (QED) is 0.505. The minimum Gasteiger partial charge on any atom is -0.543 e. The van der Waals surface area contributed by atoms with Crippen LogP contribution in [-0.2, 0) is 0 Å². The first-order chi connectivity index (χ1) is 13.3. The van der Waals surface area contributed by atoms with E-state index >= 15 is 0 Å². The van der Waals surface area contributed by atoms with Crippen molar-refractivity contribution >= 4 is 8.32 Å². The molecule has 0 aliphatic heterocycles. The molecule has 2 fully saturated rings. The van der Waals surface area contributed by atoms with E-state index in [4.69, 9.17) is 4.43 Å². The van der Waals surface area contributed by atoms with Crippen molar-refractivity contribution < 1.29 is 19.7 Å². The molecule has 0 amide bonds. The van der Waals surface area contributed by atoms with Gasteiger partial charge in [0.25, 0.3) is 0 Å². The molecule has 5 heteroatoms. The van der Waals surface area contributed by atoms with Gasteiger partial charge in [0, 0.05) is 11.3 Å². The smallest absolute Gasteiger partial charge is 0.250 e. The van der Waals surface area contributed by atoms with Crippen molar-refractivity contribution in [1.29, 1.82) is 0 Å². The van der Waals surface area contributed by atoms with Crippen LogP contribution < -0.4 is 4.43 Å². The van der Waals surface area contributed by atoms with E-state index in [1.165, 1.54) is 5.56 Å². The van der Waals surface area contributed by atoms with Gasteiger partial charge in [-0.05, 0) is 78.6 Å². The van der Waals surface area contributed by atoms with Gasteiger partial charge in [-0.15, -0.1) is 0 Å². The summed E-state index contributed by atoms with van der Waals surface area (Å²) in [6.45, 7) is 17.3. The summed E-state index contributed by atoms with van der Waals surface area (Å²) in [4.78, 5) is 0. The minimum atomic E-state index is -2.00. The van der Waals surface area contributed by atoms with Gasteiger partial charge in [0.15, 0.2) is 0 Å². The summed E-state index contributed by atoms with van der Waals surface area (Å²) >= 11 is 0. The van der Waals surface area contributed by atoms with E-state index in [2.05, 4.69) is 59.5 Å². The highest BCUT2D eigenvalue weighted by molar-refractivity contribution is 6.74. The van der Waals surface area contributed by atoms with Crippen LogP contribution in [0.4, 0.5) is 0 Å². The summed E-state index contributed by atoms with van der Waals surface area (Å²) in [5.74, 6) is 0.807. The molecule has 0 radical (unpaired) electrons. The normalized spacial score (nSPS) is 36.2. The Morgan fingerprint density at radius 3 is 2.52 bits per heavy atom. The van der Waals surface area contributed by atoms with Crippen molar-refractivity contribution in [2.24, 2.45) is 5.41 Å². The largest absolute Gasteiger partial charge is 0.543 e. The van der Waals surface area contributed by atoms with E-state index in [1.807, 2.05) is 0 Å².